The van der Waals surface area contributed by atoms with Crippen molar-refractivity contribution in [2.75, 3.05) is 19.6 Å². The fourth-order valence-corrected chi connectivity index (χ4v) is 2.01. The molecule has 0 bridgehead atoms. The summed E-state index contributed by atoms with van der Waals surface area (Å²) in [5.74, 6) is 0.738. The number of ketones is 1. The van der Waals surface area contributed by atoms with Crippen LogP contribution in [0.15, 0.2) is 24.3 Å². The minimum absolute atomic E-state index is 0.223. The zero-order chi connectivity index (χ0) is 13.5. The Hall–Kier alpha value is -1.15. The van der Waals surface area contributed by atoms with Gasteiger partial charge in [-0.2, -0.15) is 0 Å². The second-order valence-corrected chi connectivity index (χ2v) is 5.07. The minimum atomic E-state index is 0.223. The Morgan fingerprint density at radius 3 is 2.22 bits per heavy atom. The molecule has 1 aromatic carbocycles. The van der Waals surface area contributed by atoms with Gasteiger partial charge in [0.2, 0.25) is 0 Å². The first-order valence-electron chi connectivity index (χ1n) is 6.94. The Balaban J connectivity index is 2.66. The molecule has 0 heterocycles. The molecule has 0 N–H and O–H groups in total. The maximum absolute atomic E-state index is 12.1. The number of benzene rings is 1. The number of carbonyl (C=O) groups excluding carboxylic acids is 1. The Kier molecular flexibility index (Phi) is 6.06. The van der Waals surface area contributed by atoms with Crippen molar-refractivity contribution < 1.29 is 4.79 Å². The minimum Gasteiger partial charge on any atom is -0.296 e. The SMILES string of the molecule is CCCN(CC)CC(=O)c1ccc(C(C)C)cc1. The summed E-state index contributed by atoms with van der Waals surface area (Å²) in [6, 6.07) is 8.04. The summed E-state index contributed by atoms with van der Waals surface area (Å²) in [5, 5.41) is 0. The fourth-order valence-electron chi connectivity index (χ4n) is 2.01. The van der Waals surface area contributed by atoms with Crippen molar-refractivity contribution in [2.24, 2.45) is 0 Å². The van der Waals surface area contributed by atoms with Crippen molar-refractivity contribution in [3.63, 3.8) is 0 Å². The third-order valence-corrected chi connectivity index (χ3v) is 3.25. The smallest absolute Gasteiger partial charge is 0.176 e. The highest BCUT2D eigenvalue weighted by Gasteiger charge is 2.10. The number of nitrogens with zero attached hydrogens (tertiary/aromatic N) is 1. The van der Waals surface area contributed by atoms with E-state index in [1.807, 2.05) is 12.1 Å². The van der Waals surface area contributed by atoms with Gasteiger partial charge in [-0.05, 0) is 31.0 Å². The first-order chi connectivity index (χ1) is 8.58. The lowest BCUT2D eigenvalue weighted by molar-refractivity contribution is 0.0934. The third-order valence-electron chi connectivity index (χ3n) is 3.25. The van der Waals surface area contributed by atoms with E-state index in [9.17, 15) is 4.79 Å². The monoisotopic (exact) mass is 247 g/mol. The summed E-state index contributed by atoms with van der Waals surface area (Å²) < 4.78 is 0. The van der Waals surface area contributed by atoms with E-state index in [0.29, 0.717) is 12.5 Å². The van der Waals surface area contributed by atoms with Crippen LogP contribution in [0.5, 0.6) is 0 Å². The van der Waals surface area contributed by atoms with Gasteiger partial charge in [-0.3, -0.25) is 9.69 Å². The molecule has 2 heteroatoms. The summed E-state index contributed by atoms with van der Waals surface area (Å²) in [4.78, 5) is 14.3. The van der Waals surface area contributed by atoms with Gasteiger partial charge in [0.1, 0.15) is 0 Å². The van der Waals surface area contributed by atoms with Gasteiger partial charge < -0.3 is 0 Å². The van der Waals surface area contributed by atoms with Crippen LogP contribution >= 0.6 is 0 Å². The fraction of sp³-hybridized carbons (Fsp3) is 0.562. The second-order valence-electron chi connectivity index (χ2n) is 5.07. The van der Waals surface area contributed by atoms with Crippen LogP contribution in [0.3, 0.4) is 0 Å². The number of Topliss-reactive ketones (excluding diaryl/α,β-unsaturated/α-hetero) is 1. The molecule has 0 aliphatic rings. The number of likely N-dealkylation sites (N-methyl/N-ethyl adjacent to an activating group) is 1. The average molecular weight is 247 g/mol. The molecule has 2 nitrogen and oxygen atoms in total. The van der Waals surface area contributed by atoms with E-state index in [1.54, 1.807) is 0 Å². The highest BCUT2D eigenvalue weighted by atomic mass is 16.1. The molecular weight excluding hydrogens is 222 g/mol. The van der Waals surface area contributed by atoms with Crippen molar-refractivity contribution in [3.05, 3.63) is 35.4 Å². The van der Waals surface area contributed by atoms with Gasteiger partial charge in [0.05, 0.1) is 6.54 Å². The number of rotatable bonds is 7. The zero-order valence-corrected chi connectivity index (χ0v) is 12.1. The van der Waals surface area contributed by atoms with Gasteiger partial charge in [0, 0.05) is 5.56 Å². The molecule has 0 atom stereocenters. The normalized spacial score (nSPS) is 11.2. The molecule has 0 radical (unpaired) electrons. The van der Waals surface area contributed by atoms with Crippen LogP contribution in [0.25, 0.3) is 0 Å². The molecule has 0 amide bonds. The lowest BCUT2D eigenvalue weighted by Gasteiger charge is -2.18. The third kappa shape index (κ3) is 4.26. The van der Waals surface area contributed by atoms with E-state index in [0.717, 1.165) is 25.1 Å². The molecule has 0 unspecified atom stereocenters. The highest BCUT2D eigenvalue weighted by molar-refractivity contribution is 5.97. The first-order valence-corrected chi connectivity index (χ1v) is 6.94. The molecule has 1 aromatic rings. The van der Waals surface area contributed by atoms with Crippen LogP contribution in [0, 0.1) is 0 Å². The molecular formula is C16H25NO. The number of carbonyl (C=O) groups is 1. The van der Waals surface area contributed by atoms with Crippen LogP contribution in [0.1, 0.15) is 56.0 Å². The van der Waals surface area contributed by atoms with E-state index >= 15 is 0 Å². The number of hydrogen-bond donors (Lipinski definition) is 0. The van der Waals surface area contributed by atoms with Crippen molar-refractivity contribution in [1.29, 1.82) is 0 Å². The maximum atomic E-state index is 12.1. The summed E-state index contributed by atoms with van der Waals surface area (Å²) in [7, 11) is 0. The number of hydrogen-bond acceptors (Lipinski definition) is 2. The maximum Gasteiger partial charge on any atom is 0.176 e. The molecule has 100 valence electrons. The molecule has 0 saturated heterocycles. The van der Waals surface area contributed by atoms with E-state index < -0.39 is 0 Å². The van der Waals surface area contributed by atoms with Gasteiger partial charge in [-0.25, -0.2) is 0 Å². The molecule has 18 heavy (non-hydrogen) atoms. The molecule has 1 rings (SSSR count). The molecule has 0 aliphatic heterocycles. The topological polar surface area (TPSA) is 20.3 Å². The van der Waals surface area contributed by atoms with Crippen molar-refractivity contribution in [1.82, 2.24) is 4.90 Å². The molecule has 0 aliphatic carbocycles. The summed E-state index contributed by atoms with van der Waals surface area (Å²) >= 11 is 0. The molecule has 0 spiro atoms. The van der Waals surface area contributed by atoms with Gasteiger partial charge in [0.15, 0.2) is 5.78 Å². The van der Waals surface area contributed by atoms with Crippen LogP contribution < -0.4 is 0 Å². The van der Waals surface area contributed by atoms with E-state index in [1.165, 1.54) is 5.56 Å². The van der Waals surface area contributed by atoms with Gasteiger partial charge in [0.25, 0.3) is 0 Å². The predicted octanol–water partition coefficient (Wildman–Crippen LogP) is 3.72. The van der Waals surface area contributed by atoms with E-state index in [-0.39, 0.29) is 5.78 Å². The lowest BCUT2D eigenvalue weighted by Crippen LogP contribution is -2.30. The van der Waals surface area contributed by atoms with Crippen molar-refractivity contribution >= 4 is 5.78 Å². The largest absolute Gasteiger partial charge is 0.296 e. The zero-order valence-electron chi connectivity index (χ0n) is 12.1. The highest BCUT2D eigenvalue weighted by Crippen LogP contribution is 2.15. The Morgan fingerprint density at radius 1 is 1.17 bits per heavy atom. The second kappa shape index (κ2) is 7.32. The Bertz CT molecular complexity index is 367. The summed E-state index contributed by atoms with van der Waals surface area (Å²) in [5.41, 5.74) is 2.11. The predicted molar refractivity (Wildman–Crippen MR) is 77.3 cm³/mol. The van der Waals surface area contributed by atoms with Crippen LogP contribution in [-0.2, 0) is 0 Å². The van der Waals surface area contributed by atoms with Crippen molar-refractivity contribution in [2.45, 2.75) is 40.0 Å². The Labute approximate surface area is 111 Å². The lowest BCUT2D eigenvalue weighted by atomic mass is 10.0. The van der Waals surface area contributed by atoms with E-state index in [2.05, 4.69) is 44.7 Å². The van der Waals surface area contributed by atoms with Crippen LogP contribution in [0.4, 0.5) is 0 Å². The molecule has 0 saturated carbocycles. The average Bonchev–Trinajstić information content (AvgIpc) is 2.38. The summed E-state index contributed by atoms with van der Waals surface area (Å²) in [6.45, 7) is 11.0. The van der Waals surface area contributed by atoms with Gasteiger partial charge >= 0.3 is 0 Å². The standard InChI is InChI=1S/C16H25NO/c1-5-11-17(6-2)12-16(18)15-9-7-14(8-10-15)13(3)4/h7-10,13H,5-6,11-12H2,1-4H3. The van der Waals surface area contributed by atoms with Crippen LogP contribution in [-0.4, -0.2) is 30.3 Å². The molecule has 0 aromatic heterocycles. The summed E-state index contributed by atoms with van der Waals surface area (Å²) in [6.07, 6.45) is 1.09. The first kappa shape index (κ1) is 14.9. The quantitative estimate of drug-likeness (QED) is 0.684. The Morgan fingerprint density at radius 2 is 1.78 bits per heavy atom. The van der Waals surface area contributed by atoms with Gasteiger partial charge in [-0.1, -0.05) is 52.0 Å². The van der Waals surface area contributed by atoms with Crippen molar-refractivity contribution in [3.8, 4) is 0 Å². The molecule has 0 fully saturated rings. The van der Waals surface area contributed by atoms with E-state index in [4.69, 9.17) is 0 Å². The van der Waals surface area contributed by atoms with Crippen LogP contribution in [0.2, 0.25) is 0 Å². The van der Waals surface area contributed by atoms with Gasteiger partial charge in [-0.15, -0.1) is 0 Å².